The van der Waals surface area contributed by atoms with Crippen LogP contribution in [0.5, 0.6) is 5.75 Å². The van der Waals surface area contributed by atoms with E-state index in [-0.39, 0.29) is 30.7 Å². The molecule has 0 saturated carbocycles. The van der Waals surface area contributed by atoms with Crippen LogP contribution in [0, 0.1) is 6.92 Å². The van der Waals surface area contributed by atoms with E-state index in [0.717, 1.165) is 36.7 Å². The van der Waals surface area contributed by atoms with Crippen LogP contribution in [0.4, 0.5) is 4.79 Å². The Morgan fingerprint density at radius 2 is 1.46 bits per heavy atom. The van der Waals surface area contributed by atoms with Crippen LogP contribution in [0.2, 0.25) is 0 Å². The predicted molar refractivity (Wildman–Crippen MR) is 199 cm³/mol. The molecule has 5 atom stereocenters. The van der Waals surface area contributed by atoms with E-state index in [9.17, 15) is 37.9 Å². The summed E-state index contributed by atoms with van der Waals surface area (Å²) in [4.78, 5) is 58.6. The fourth-order valence-corrected chi connectivity index (χ4v) is 10.00. The van der Waals surface area contributed by atoms with Gasteiger partial charge in [-0.15, -0.1) is 0 Å². The summed E-state index contributed by atoms with van der Waals surface area (Å²) in [6.45, 7) is 4.83. The molecule has 17 nitrogen and oxygen atoms in total. The molecule has 1 aliphatic rings. The van der Waals surface area contributed by atoms with Crippen LogP contribution in [-0.2, 0) is 47.4 Å². The molecule has 0 bridgehead atoms. The van der Waals surface area contributed by atoms with Gasteiger partial charge in [-0.3, -0.25) is 23.4 Å². The monoisotopic (exact) mass is 822 g/mol. The fourth-order valence-electron chi connectivity index (χ4n) is 5.18. The minimum absolute atomic E-state index is 0.187. The number of phosphoric ester groups is 1. The van der Waals surface area contributed by atoms with Crippen LogP contribution >= 0.6 is 23.2 Å². The number of carbonyl (C=O) groups excluding carboxylic acids is 1. The summed E-state index contributed by atoms with van der Waals surface area (Å²) in [5, 5.41) is 0. The zero-order valence-electron chi connectivity index (χ0n) is 31.0. The van der Waals surface area contributed by atoms with E-state index >= 15 is 0 Å². The number of hydrogen-bond donors (Lipinski definition) is 3. The highest BCUT2D eigenvalue weighted by Gasteiger charge is 2.42. The molecule has 304 valence electrons. The van der Waals surface area contributed by atoms with Crippen LogP contribution in [-0.4, -0.2) is 51.0 Å². The summed E-state index contributed by atoms with van der Waals surface area (Å²) in [5.74, 6) is 0.187. The molecule has 0 fully saturated rings. The largest absolute Gasteiger partial charge is 0.513 e. The molecule has 1 aliphatic heterocycles. The van der Waals surface area contributed by atoms with Gasteiger partial charge in [0.25, 0.3) is 5.56 Å². The lowest BCUT2D eigenvalue weighted by molar-refractivity contribution is -0.0104. The van der Waals surface area contributed by atoms with Crippen LogP contribution < -0.4 is 16.0 Å². The number of carbonyl (C=O) groups is 1. The van der Waals surface area contributed by atoms with E-state index in [2.05, 4.69) is 16.2 Å². The Kier molecular flexibility index (Phi) is 19.3. The Hall–Kier alpha value is -2.68. The van der Waals surface area contributed by atoms with Crippen molar-refractivity contribution in [3.05, 3.63) is 74.6 Å². The number of aromatic nitrogens is 2. The third-order valence-corrected chi connectivity index (χ3v) is 13.4. The topological polar surface area (TPSA) is 228 Å². The molecule has 3 rings (SSSR count). The summed E-state index contributed by atoms with van der Waals surface area (Å²) in [6, 6.07) is 5.95. The van der Waals surface area contributed by atoms with Crippen molar-refractivity contribution in [3.8, 4) is 5.75 Å². The first-order valence-corrected chi connectivity index (χ1v) is 22.9. The van der Waals surface area contributed by atoms with Gasteiger partial charge in [0.05, 0.1) is 26.0 Å². The van der Waals surface area contributed by atoms with Gasteiger partial charge in [-0.05, 0) is 43.5 Å². The molecule has 0 radical (unpaired) electrons. The second-order valence-corrected chi connectivity index (χ2v) is 18.2. The molecule has 0 saturated heterocycles. The highest BCUT2D eigenvalue weighted by Crippen LogP contribution is 2.69. The first-order chi connectivity index (χ1) is 25.6. The Balaban J connectivity index is 1.57. The quantitative estimate of drug-likeness (QED) is 0.0267. The van der Waals surface area contributed by atoms with E-state index in [0.29, 0.717) is 24.8 Å². The van der Waals surface area contributed by atoms with Crippen molar-refractivity contribution in [2.45, 2.75) is 117 Å². The fraction of sp³-hybridized carbons (Fsp3) is 0.618. The molecule has 3 N–H and O–H groups in total. The summed E-state index contributed by atoms with van der Waals surface area (Å²) < 4.78 is 76.2. The van der Waals surface area contributed by atoms with Crippen LogP contribution in [0.25, 0.3) is 0 Å². The second kappa shape index (κ2) is 22.8. The minimum atomic E-state index is -5.55. The van der Waals surface area contributed by atoms with Gasteiger partial charge in [0.1, 0.15) is 11.9 Å². The third kappa shape index (κ3) is 17.0. The number of H-pyrrole nitrogens is 1. The van der Waals surface area contributed by atoms with Gasteiger partial charge >= 0.3 is 35.1 Å². The van der Waals surface area contributed by atoms with Crippen LogP contribution in [0.3, 0.4) is 0 Å². The number of benzene rings is 1. The number of nitrogens with zero attached hydrogens (tertiary/aromatic N) is 1. The van der Waals surface area contributed by atoms with Gasteiger partial charge in [-0.2, -0.15) is 4.31 Å². The number of ether oxygens (including phenoxy) is 3. The van der Waals surface area contributed by atoms with Gasteiger partial charge < -0.3 is 28.5 Å². The van der Waals surface area contributed by atoms with E-state index in [1.165, 1.54) is 75.2 Å². The molecule has 54 heavy (non-hydrogen) atoms. The average Bonchev–Trinajstić information content (AvgIpc) is 3.58. The number of unbranched alkanes of at least 4 members (excludes halogenated alkanes) is 10. The molecule has 0 spiro atoms. The van der Waals surface area contributed by atoms with E-state index in [4.69, 9.17) is 27.6 Å². The average molecular weight is 823 g/mol. The lowest BCUT2D eigenvalue weighted by Gasteiger charge is -2.23. The summed E-state index contributed by atoms with van der Waals surface area (Å²) in [7, 11) is -15.3. The summed E-state index contributed by atoms with van der Waals surface area (Å²) >= 11 is 0. The zero-order valence-corrected chi connectivity index (χ0v) is 33.7. The Labute approximate surface area is 315 Å². The van der Waals surface area contributed by atoms with Crippen molar-refractivity contribution in [3.63, 3.8) is 0 Å². The zero-order chi connectivity index (χ0) is 39.6. The molecule has 1 aromatic heterocycles. The van der Waals surface area contributed by atoms with Crippen molar-refractivity contribution in [2.75, 3.05) is 19.4 Å². The highest BCUT2D eigenvalue weighted by atomic mass is 31.3. The highest BCUT2D eigenvalue weighted by molar-refractivity contribution is 7.68. The molecule has 0 aliphatic carbocycles. The van der Waals surface area contributed by atoms with Crippen molar-refractivity contribution >= 4 is 29.4 Å². The summed E-state index contributed by atoms with van der Waals surface area (Å²) in [6.07, 6.45) is 12.3. The molecular formula is C34H53N2O15P3. The van der Waals surface area contributed by atoms with Gasteiger partial charge in [0, 0.05) is 11.8 Å². The van der Waals surface area contributed by atoms with Gasteiger partial charge in [-0.25, -0.2) is 23.0 Å². The molecule has 0 amide bonds. The van der Waals surface area contributed by atoms with E-state index in [1.807, 2.05) is 6.92 Å². The lowest BCUT2D eigenvalue weighted by Crippen LogP contribution is -2.33. The lowest BCUT2D eigenvalue weighted by atomic mass is 10.1. The normalized spacial score (nSPS) is 18.8. The van der Waals surface area contributed by atoms with Gasteiger partial charge in [-0.1, -0.05) is 96.3 Å². The number of aryl methyl sites for hydroxylation is 1. The molecule has 3 unspecified atom stereocenters. The predicted octanol–water partition coefficient (Wildman–Crippen LogP) is 8.20. The number of phosphoric acid groups is 2. The molecular weight excluding hydrogens is 769 g/mol. The molecule has 20 heteroatoms. The Bertz CT molecular complexity index is 1760. The van der Waals surface area contributed by atoms with Gasteiger partial charge in [0.15, 0.2) is 6.23 Å². The SMILES string of the molecule is CCCCCCCCCCCCP(=O)(OCc1ccc(OC(=O)OCCCC)cc1)OP(=O)(O)OP(=O)(O)OC[C@@H]1C=C[C@H](n2cc(C)c(=O)[nH]c2=O)O1. The molecule has 1 aromatic carbocycles. The van der Waals surface area contributed by atoms with Crippen molar-refractivity contribution < 1.29 is 60.2 Å². The molecule has 2 heterocycles. The van der Waals surface area contributed by atoms with Crippen LogP contribution in [0.15, 0.2) is 52.2 Å². The second-order valence-electron chi connectivity index (χ2n) is 12.8. The number of hydrogen-bond acceptors (Lipinski definition) is 13. The Morgan fingerprint density at radius 1 is 0.833 bits per heavy atom. The molecule has 2 aromatic rings. The van der Waals surface area contributed by atoms with Gasteiger partial charge in [0.2, 0.25) is 0 Å². The standard InChI is InChI=1S/C34H53N2O15P3/c1-4-6-8-9-10-11-12-13-14-15-23-52(40,46-25-28-16-18-29(19-17-28)49-34(39)45-22-7-5-2)50-54(43,44)51-53(41,42)47-26-30-20-21-31(48-30)36-24-27(3)32(37)35-33(36)38/h16-21,24,30-31H,4-15,22-23,25-26H2,1-3H3,(H,41,42)(H,43,44)(H,35,37,38)/t30-,31+,52?/m0/s1. The minimum Gasteiger partial charge on any atom is -0.434 e. The summed E-state index contributed by atoms with van der Waals surface area (Å²) in [5.41, 5.74) is -0.614. The maximum atomic E-state index is 13.8. The first kappa shape index (κ1) is 45.7. The van der Waals surface area contributed by atoms with E-state index in [1.54, 1.807) is 0 Å². The number of aromatic amines is 1. The maximum Gasteiger partial charge on any atom is 0.513 e. The van der Waals surface area contributed by atoms with Crippen LogP contribution in [0.1, 0.15) is 108 Å². The smallest absolute Gasteiger partial charge is 0.434 e. The van der Waals surface area contributed by atoms with Crippen molar-refractivity contribution in [1.29, 1.82) is 0 Å². The third-order valence-electron chi connectivity index (χ3n) is 8.12. The van der Waals surface area contributed by atoms with Crippen molar-refractivity contribution in [1.82, 2.24) is 9.55 Å². The number of rotatable bonds is 26. The maximum absolute atomic E-state index is 13.8. The van der Waals surface area contributed by atoms with E-state index < -0.39 is 59.6 Å². The number of nitrogens with one attached hydrogen (secondary N) is 1. The van der Waals surface area contributed by atoms with Crippen molar-refractivity contribution in [2.24, 2.45) is 0 Å². The Morgan fingerprint density at radius 3 is 2.11 bits per heavy atom. The first-order valence-electron chi connectivity index (χ1n) is 18.2.